The molecule has 0 aliphatic heterocycles. The van der Waals surface area contributed by atoms with Crippen LogP contribution in [0.2, 0.25) is 0 Å². The van der Waals surface area contributed by atoms with Gasteiger partial charge in [0.05, 0.1) is 0 Å². The summed E-state index contributed by atoms with van der Waals surface area (Å²) in [5, 5.41) is 8.59. The molecule has 0 spiro atoms. The predicted octanol–water partition coefficient (Wildman–Crippen LogP) is 1.55. The molecule has 6 nitrogen and oxygen atoms in total. The molecule has 0 bridgehead atoms. The van der Waals surface area contributed by atoms with E-state index in [0.717, 1.165) is 6.08 Å². The van der Waals surface area contributed by atoms with Crippen molar-refractivity contribution in [1.29, 1.82) is 0 Å². The summed E-state index contributed by atoms with van der Waals surface area (Å²) in [6, 6.07) is 1.26. The summed E-state index contributed by atoms with van der Waals surface area (Å²) < 4.78 is 26.2. The highest BCUT2D eigenvalue weighted by molar-refractivity contribution is 7.98. The van der Waals surface area contributed by atoms with E-state index in [-0.39, 0.29) is 10.9 Å². The third-order valence-corrected chi connectivity index (χ3v) is 5.61. The Kier molecular flexibility index (Phi) is 6.38. The summed E-state index contributed by atoms with van der Waals surface area (Å²) in [6.45, 7) is 1.83. The zero-order chi connectivity index (χ0) is 16.0. The van der Waals surface area contributed by atoms with Gasteiger partial charge in [-0.2, -0.15) is 16.1 Å². The van der Waals surface area contributed by atoms with Crippen LogP contribution in [0.1, 0.15) is 12.5 Å². The molecule has 8 heteroatoms. The molecule has 1 heterocycles. The minimum Gasteiger partial charge on any atom is -0.478 e. The molecule has 0 amide bonds. The first kappa shape index (κ1) is 17.7. The van der Waals surface area contributed by atoms with Crippen molar-refractivity contribution in [3.05, 3.63) is 30.1 Å². The first-order valence-corrected chi connectivity index (χ1v) is 8.95. The van der Waals surface area contributed by atoms with Gasteiger partial charge in [0.25, 0.3) is 0 Å². The first-order valence-electron chi connectivity index (χ1n) is 6.12. The number of nitrogens with zero attached hydrogens (tertiary/aromatic N) is 2. The third-order valence-electron chi connectivity index (χ3n) is 2.86. The molecule has 0 aliphatic rings. The van der Waals surface area contributed by atoms with Crippen molar-refractivity contribution in [2.75, 3.05) is 19.1 Å². The van der Waals surface area contributed by atoms with Crippen LogP contribution in [-0.2, 0) is 14.8 Å². The van der Waals surface area contributed by atoms with Crippen molar-refractivity contribution in [2.45, 2.75) is 17.9 Å². The highest BCUT2D eigenvalue weighted by Crippen LogP contribution is 2.18. The molecule has 0 saturated heterocycles. The molecule has 0 fully saturated rings. The number of hydrogen-bond acceptors (Lipinski definition) is 5. The van der Waals surface area contributed by atoms with Crippen LogP contribution < -0.4 is 0 Å². The summed E-state index contributed by atoms with van der Waals surface area (Å²) in [6.07, 6.45) is 6.82. The van der Waals surface area contributed by atoms with E-state index in [1.165, 1.54) is 35.9 Å². The van der Waals surface area contributed by atoms with Crippen molar-refractivity contribution in [3.8, 4) is 0 Å². The quantitative estimate of drug-likeness (QED) is 0.763. The molecule has 1 atom stereocenters. The van der Waals surface area contributed by atoms with Crippen molar-refractivity contribution in [1.82, 2.24) is 9.29 Å². The Morgan fingerprint density at radius 2 is 2.19 bits per heavy atom. The summed E-state index contributed by atoms with van der Waals surface area (Å²) >= 11 is 1.57. The largest absolute Gasteiger partial charge is 0.478 e. The fourth-order valence-electron chi connectivity index (χ4n) is 1.58. The first-order chi connectivity index (χ1) is 9.78. The Bertz CT molecular complexity index is 629. The molecule has 0 aliphatic carbocycles. The van der Waals surface area contributed by atoms with Gasteiger partial charge < -0.3 is 5.11 Å². The van der Waals surface area contributed by atoms with Gasteiger partial charge in [-0.15, -0.1) is 0 Å². The Balaban J connectivity index is 3.09. The fourth-order valence-corrected chi connectivity index (χ4v) is 3.74. The van der Waals surface area contributed by atoms with Crippen LogP contribution in [0.25, 0.3) is 6.08 Å². The van der Waals surface area contributed by atoms with E-state index >= 15 is 0 Å². The highest BCUT2D eigenvalue weighted by Gasteiger charge is 2.25. The molecule has 0 saturated carbocycles. The second-order valence-corrected chi connectivity index (χ2v) is 7.36. The van der Waals surface area contributed by atoms with Gasteiger partial charge in [0.2, 0.25) is 10.0 Å². The molecule has 1 rings (SSSR count). The van der Waals surface area contributed by atoms with Crippen molar-refractivity contribution >= 4 is 33.8 Å². The topological polar surface area (TPSA) is 87.6 Å². The summed E-state index contributed by atoms with van der Waals surface area (Å²) in [5.41, 5.74) is 0.421. The Morgan fingerprint density at radius 3 is 2.76 bits per heavy atom. The molecule has 0 radical (unpaired) electrons. The maximum Gasteiger partial charge on any atom is 0.328 e. The van der Waals surface area contributed by atoms with Gasteiger partial charge in [-0.3, -0.25) is 4.98 Å². The van der Waals surface area contributed by atoms with Crippen LogP contribution in [0.5, 0.6) is 0 Å². The molecular formula is C13H18N2O4S2. The second-order valence-electron chi connectivity index (χ2n) is 4.45. The van der Waals surface area contributed by atoms with Crippen LogP contribution in [0.3, 0.4) is 0 Å². The number of aromatic nitrogens is 1. The van der Waals surface area contributed by atoms with E-state index in [4.69, 9.17) is 5.11 Å². The van der Waals surface area contributed by atoms with Gasteiger partial charge in [-0.05, 0) is 30.9 Å². The molecule has 116 valence electrons. The second kappa shape index (κ2) is 7.58. The van der Waals surface area contributed by atoms with Gasteiger partial charge in [0.15, 0.2) is 0 Å². The van der Waals surface area contributed by atoms with Crippen LogP contribution in [-0.4, -0.2) is 53.9 Å². The average Bonchev–Trinajstić information content (AvgIpc) is 2.44. The van der Waals surface area contributed by atoms with Gasteiger partial charge in [-0.1, -0.05) is 0 Å². The smallest absolute Gasteiger partial charge is 0.328 e. The van der Waals surface area contributed by atoms with Crippen LogP contribution in [0.15, 0.2) is 29.4 Å². The van der Waals surface area contributed by atoms with Crippen LogP contribution in [0.4, 0.5) is 0 Å². The maximum atomic E-state index is 12.5. The lowest BCUT2D eigenvalue weighted by atomic mass is 10.2. The number of rotatable bonds is 7. The third kappa shape index (κ3) is 4.83. The lowest BCUT2D eigenvalue weighted by Crippen LogP contribution is -2.36. The van der Waals surface area contributed by atoms with E-state index in [1.54, 1.807) is 11.8 Å². The minimum absolute atomic E-state index is 0.0468. The number of carboxylic acids is 1. The van der Waals surface area contributed by atoms with Crippen LogP contribution in [0, 0.1) is 0 Å². The van der Waals surface area contributed by atoms with Gasteiger partial charge in [-0.25, -0.2) is 13.2 Å². The van der Waals surface area contributed by atoms with Crippen molar-refractivity contribution < 1.29 is 18.3 Å². The van der Waals surface area contributed by atoms with Gasteiger partial charge in [0, 0.05) is 37.3 Å². The summed E-state index contributed by atoms with van der Waals surface area (Å²) in [7, 11) is -2.12. The number of carboxylic acid groups (broad SMARTS) is 1. The SMILES string of the molecule is CSCC(C)N(C)S(=O)(=O)c1cncc(/C=C/C(=O)O)c1. The molecular weight excluding hydrogens is 312 g/mol. The van der Waals surface area contributed by atoms with Gasteiger partial charge >= 0.3 is 5.97 Å². The monoisotopic (exact) mass is 330 g/mol. The molecule has 1 aromatic heterocycles. The average molecular weight is 330 g/mol. The van der Waals surface area contributed by atoms with E-state index in [2.05, 4.69) is 4.98 Å². The molecule has 1 aromatic rings. The predicted molar refractivity (Wildman–Crippen MR) is 83.7 cm³/mol. The maximum absolute atomic E-state index is 12.5. The lowest BCUT2D eigenvalue weighted by molar-refractivity contribution is -0.131. The summed E-state index contributed by atoms with van der Waals surface area (Å²) in [4.78, 5) is 14.4. The standard InChI is InChI=1S/C13H18N2O4S2/c1-10(9-20-3)15(2)21(18,19)12-6-11(7-14-8-12)4-5-13(16)17/h4-8,10H,9H2,1-3H3,(H,16,17)/b5-4+. The van der Waals surface area contributed by atoms with Crippen molar-refractivity contribution in [3.63, 3.8) is 0 Å². The van der Waals surface area contributed by atoms with Gasteiger partial charge in [0.1, 0.15) is 4.90 Å². The summed E-state index contributed by atoms with van der Waals surface area (Å²) in [5.74, 6) is -0.420. The number of pyridine rings is 1. The normalized spacial score (nSPS) is 13.7. The molecule has 1 N–H and O–H groups in total. The number of hydrogen-bond donors (Lipinski definition) is 1. The highest BCUT2D eigenvalue weighted by atomic mass is 32.2. The van der Waals surface area contributed by atoms with E-state index in [0.29, 0.717) is 11.3 Å². The number of thioether (sulfide) groups is 1. The molecule has 0 aromatic carbocycles. The fraction of sp³-hybridized carbons (Fsp3) is 0.385. The van der Waals surface area contributed by atoms with Crippen LogP contribution >= 0.6 is 11.8 Å². The Labute approximate surface area is 128 Å². The Hall–Kier alpha value is -1.38. The minimum atomic E-state index is -3.65. The van der Waals surface area contributed by atoms with Crippen molar-refractivity contribution in [2.24, 2.45) is 0 Å². The van der Waals surface area contributed by atoms with E-state index in [1.807, 2.05) is 13.2 Å². The molecule has 1 unspecified atom stereocenters. The zero-order valence-corrected chi connectivity index (χ0v) is 13.7. The number of carbonyl (C=O) groups is 1. The number of sulfonamides is 1. The number of aliphatic carboxylic acids is 1. The van der Waals surface area contributed by atoms with E-state index in [9.17, 15) is 13.2 Å². The zero-order valence-electron chi connectivity index (χ0n) is 12.1. The lowest BCUT2D eigenvalue weighted by Gasteiger charge is -2.23. The van der Waals surface area contributed by atoms with E-state index < -0.39 is 16.0 Å². The Morgan fingerprint density at radius 1 is 1.52 bits per heavy atom. The molecule has 21 heavy (non-hydrogen) atoms.